The number of hydrogen-bond donors (Lipinski definition) is 4. The van der Waals surface area contributed by atoms with E-state index in [0.29, 0.717) is 4.47 Å². The fourth-order valence-corrected chi connectivity index (χ4v) is 1.95. The number of halogens is 1. The Kier molecular flexibility index (Phi) is 4.56. The molecule has 0 aromatic carbocycles. The summed E-state index contributed by atoms with van der Waals surface area (Å²) in [5, 5.41) is 5.46. The molecule has 108 valence electrons. The summed E-state index contributed by atoms with van der Waals surface area (Å²) in [5.41, 5.74) is 2.63. The number of carbonyl (C=O) groups is 2. The third-order valence-corrected chi connectivity index (χ3v) is 3.33. The van der Waals surface area contributed by atoms with Gasteiger partial charge in [0.25, 0.3) is 5.91 Å². The van der Waals surface area contributed by atoms with Gasteiger partial charge in [-0.05, 0) is 41.8 Å². The summed E-state index contributed by atoms with van der Waals surface area (Å²) < 4.78 is 0.650. The molecule has 0 saturated heterocycles. The number of anilines is 1. The molecule has 0 aliphatic heterocycles. The van der Waals surface area contributed by atoms with Gasteiger partial charge in [0.15, 0.2) is 5.82 Å². The van der Waals surface area contributed by atoms with E-state index in [2.05, 4.69) is 37.0 Å². The first kappa shape index (κ1) is 14.7. The van der Waals surface area contributed by atoms with Gasteiger partial charge in [-0.2, -0.15) is 0 Å². The van der Waals surface area contributed by atoms with E-state index < -0.39 is 11.9 Å². The minimum Gasteiger partial charge on any atom is -0.352 e. The maximum atomic E-state index is 12.1. The van der Waals surface area contributed by atoms with Crippen LogP contribution in [0, 0.1) is 0 Å². The maximum absolute atomic E-state index is 12.1. The molecule has 1 fully saturated rings. The molecule has 0 spiro atoms. The van der Waals surface area contributed by atoms with Gasteiger partial charge >= 0.3 is 0 Å². The summed E-state index contributed by atoms with van der Waals surface area (Å²) in [7, 11) is 0. The van der Waals surface area contributed by atoms with Crippen LogP contribution in [0.15, 0.2) is 16.7 Å². The van der Waals surface area contributed by atoms with Crippen LogP contribution in [-0.4, -0.2) is 28.9 Å². The van der Waals surface area contributed by atoms with Crippen LogP contribution in [0.1, 0.15) is 30.1 Å². The third kappa shape index (κ3) is 3.67. The predicted molar refractivity (Wildman–Crippen MR) is 77.8 cm³/mol. The van der Waals surface area contributed by atoms with Crippen molar-refractivity contribution in [3.63, 3.8) is 0 Å². The Labute approximate surface area is 124 Å². The molecule has 1 aromatic heterocycles. The number of nitrogens with one attached hydrogen (secondary N) is 3. The fraction of sp³-hybridized carbons (Fsp3) is 0.417. The molecule has 5 N–H and O–H groups in total. The zero-order chi connectivity index (χ0) is 14.7. The quantitative estimate of drug-likeness (QED) is 0.461. The molecule has 0 bridgehead atoms. The van der Waals surface area contributed by atoms with E-state index in [-0.39, 0.29) is 23.3 Å². The Bertz CT molecular complexity index is 533. The van der Waals surface area contributed by atoms with E-state index in [1.54, 1.807) is 13.0 Å². The molecule has 2 amide bonds. The SMILES string of the molecule is CC(NC(=O)c1cc(Br)cnc1NN)C(=O)NC1CC1. The molecule has 1 unspecified atom stereocenters. The highest BCUT2D eigenvalue weighted by Gasteiger charge is 2.26. The Morgan fingerprint density at radius 3 is 2.80 bits per heavy atom. The summed E-state index contributed by atoms with van der Waals surface area (Å²) in [5.74, 6) is 4.97. The number of hydrogen-bond acceptors (Lipinski definition) is 5. The Balaban J connectivity index is 2.03. The second-order valence-corrected chi connectivity index (χ2v) is 5.59. The van der Waals surface area contributed by atoms with Crippen molar-refractivity contribution in [2.75, 3.05) is 5.43 Å². The molecule has 7 nitrogen and oxygen atoms in total. The number of amides is 2. The third-order valence-electron chi connectivity index (χ3n) is 2.90. The van der Waals surface area contributed by atoms with E-state index in [1.165, 1.54) is 6.20 Å². The number of carbonyl (C=O) groups excluding carboxylic acids is 2. The highest BCUT2D eigenvalue weighted by Crippen LogP contribution is 2.19. The zero-order valence-electron chi connectivity index (χ0n) is 10.9. The lowest BCUT2D eigenvalue weighted by Crippen LogP contribution is -2.45. The molecule has 8 heteroatoms. The van der Waals surface area contributed by atoms with Crippen LogP contribution < -0.4 is 21.9 Å². The van der Waals surface area contributed by atoms with Crippen molar-refractivity contribution >= 4 is 33.6 Å². The van der Waals surface area contributed by atoms with Gasteiger partial charge < -0.3 is 16.1 Å². The average molecular weight is 342 g/mol. The first-order chi connectivity index (χ1) is 9.51. The number of nitrogens with zero attached hydrogens (tertiary/aromatic N) is 1. The predicted octanol–water partition coefficient (Wildman–Crippen LogP) is 0.527. The minimum absolute atomic E-state index is 0.189. The molecular weight excluding hydrogens is 326 g/mol. The van der Waals surface area contributed by atoms with Crippen LogP contribution in [0.2, 0.25) is 0 Å². The average Bonchev–Trinajstić information content (AvgIpc) is 3.22. The lowest BCUT2D eigenvalue weighted by atomic mass is 10.2. The molecule has 0 radical (unpaired) electrons. The molecule has 20 heavy (non-hydrogen) atoms. The number of rotatable bonds is 5. The zero-order valence-corrected chi connectivity index (χ0v) is 12.5. The summed E-state index contributed by atoms with van der Waals surface area (Å²) >= 11 is 3.24. The molecular formula is C12H16BrN5O2. The summed E-state index contributed by atoms with van der Waals surface area (Å²) in [4.78, 5) is 27.9. The standard InChI is InChI=1S/C12H16BrN5O2/c1-6(11(19)17-8-2-3-8)16-12(20)9-4-7(13)5-15-10(9)18-14/h4-6,8H,2-3,14H2,1H3,(H,15,18)(H,16,20)(H,17,19). The van der Waals surface area contributed by atoms with E-state index in [0.717, 1.165) is 12.8 Å². The monoisotopic (exact) mass is 341 g/mol. The highest BCUT2D eigenvalue weighted by molar-refractivity contribution is 9.10. The molecule has 1 heterocycles. The van der Waals surface area contributed by atoms with E-state index in [4.69, 9.17) is 5.84 Å². The van der Waals surface area contributed by atoms with Crippen molar-refractivity contribution in [1.82, 2.24) is 15.6 Å². The molecule has 1 atom stereocenters. The highest BCUT2D eigenvalue weighted by atomic mass is 79.9. The van der Waals surface area contributed by atoms with Crippen LogP contribution in [0.5, 0.6) is 0 Å². The second-order valence-electron chi connectivity index (χ2n) is 4.67. The van der Waals surface area contributed by atoms with Crippen molar-refractivity contribution in [2.45, 2.75) is 31.8 Å². The van der Waals surface area contributed by atoms with E-state index in [9.17, 15) is 9.59 Å². The topological polar surface area (TPSA) is 109 Å². The van der Waals surface area contributed by atoms with Crippen LogP contribution in [-0.2, 0) is 4.79 Å². The van der Waals surface area contributed by atoms with Gasteiger partial charge in [-0.25, -0.2) is 10.8 Å². The van der Waals surface area contributed by atoms with E-state index >= 15 is 0 Å². The lowest BCUT2D eigenvalue weighted by molar-refractivity contribution is -0.122. The number of nitrogen functional groups attached to an aromatic ring is 1. The van der Waals surface area contributed by atoms with Gasteiger partial charge in [0.2, 0.25) is 5.91 Å². The normalized spacial score (nSPS) is 15.3. The smallest absolute Gasteiger partial charge is 0.255 e. The van der Waals surface area contributed by atoms with Gasteiger partial charge in [0.05, 0.1) is 5.56 Å². The van der Waals surface area contributed by atoms with Crippen LogP contribution in [0.4, 0.5) is 5.82 Å². The van der Waals surface area contributed by atoms with Crippen LogP contribution in [0.25, 0.3) is 0 Å². The van der Waals surface area contributed by atoms with Gasteiger partial charge in [-0.1, -0.05) is 0 Å². The molecule has 1 aliphatic carbocycles. The first-order valence-electron chi connectivity index (χ1n) is 6.24. The Hall–Kier alpha value is -1.67. The molecule has 2 rings (SSSR count). The Morgan fingerprint density at radius 1 is 1.50 bits per heavy atom. The Morgan fingerprint density at radius 2 is 2.20 bits per heavy atom. The number of nitrogens with two attached hydrogens (primary N) is 1. The van der Waals surface area contributed by atoms with Gasteiger partial charge in [-0.3, -0.25) is 9.59 Å². The maximum Gasteiger partial charge on any atom is 0.255 e. The summed E-state index contributed by atoms with van der Waals surface area (Å²) in [6, 6.07) is 1.23. The minimum atomic E-state index is -0.618. The summed E-state index contributed by atoms with van der Waals surface area (Å²) in [6.07, 6.45) is 3.53. The lowest BCUT2D eigenvalue weighted by Gasteiger charge is -2.15. The molecule has 1 aromatic rings. The van der Waals surface area contributed by atoms with Crippen LogP contribution >= 0.6 is 15.9 Å². The van der Waals surface area contributed by atoms with Gasteiger partial charge in [0, 0.05) is 16.7 Å². The largest absolute Gasteiger partial charge is 0.352 e. The van der Waals surface area contributed by atoms with E-state index in [1.807, 2.05) is 0 Å². The number of pyridine rings is 1. The van der Waals surface area contributed by atoms with Gasteiger partial charge in [0.1, 0.15) is 6.04 Å². The molecule has 1 saturated carbocycles. The first-order valence-corrected chi connectivity index (χ1v) is 7.04. The van der Waals surface area contributed by atoms with Crippen LogP contribution in [0.3, 0.4) is 0 Å². The van der Waals surface area contributed by atoms with Crippen molar-refractivity contribution in [3.05, 3.63) is 22.3 Å². The van der Waals surface area contributed by atoms with Gasteiger partial charge in [-0.15, -0.1) is 0 Å². The fourth-order valence-electron chi connectivity index (χ4n) is 1.62. The number of aromatic nitrogens is 1. The number of hydrazine groups is 1. The van der Waals surface area contributed by atoms with Crippen molar-refractivity contribution in [3.8, 4) is 0 Å². The molecule has 1 aliphatic rings. The van der Waals surface area contributed by atoms with Crippen molar-refractivity contribution < 1.29 is 9.59 Å². The van der Waals surface area contributed by atoms with Crippen molar-refractivity contribution in [2.24, 2.45) is 5.84 Å². The van der Waals surface area contributed by atoms with Crippen molar-refractivity contribution in [1.29, 1.82) is 0 Å². The second kappa shape index (κ2) is 6.19. The summed E-state index contributed by atoms with van der Waals surface area (Å²) in [6.45, 7) is 1.64.